The molecule has 2 aliphatic rings. The number of carbonyl (C=O) groups excluding carboxylic acids is 1. The van der Waals surface area contributed by atoms with Crippen LogP contribution in [-0.4, -0.2) is 29.3 Å². The fourth-order valence-electron chi connectivity index (χ4n) is 3.19. The molecule has 2 fully saturated rings. The maximum Gasteiger partial charge on any atom is 0.149 e. The number of likely N-dealkylation sites (N-methyl/N-ethyl adjacent to an activating group) is 1. The Labute approximate surface area is 80.3 Å². The molecule has 2 rings (SSSR count). The highest BCUT2D eigenvalue weighted by Crippen LogP contribution is 2.42. The molecule has 0 radical (unpaired) electrons. The van der Waals surface area contributed by atoms with Gasteiger partial charge in [0.1, 0.15) is 5.78 Å². The Morgan fingerprint density at radius 3 is 2.77 bits per heavy atom. The molecule has 1 aliphatic heterocycles. The minimum Gasteiger partial charge on any atom is -0.298 e. The zero-order valence-electron chi connectivity index (χ0n) is 8.62. The molecule has 1 aliphatic carbocycles. The molecule has 2 heteroatoms. The Morgan fingerprint density at radius 2 is 2.15 bits per heavy atom. The second-order valence-corrected chi connectivity index (χ2v) is 4.32. The van der Waals surface area contributed by atoms with Crippen LogP contribution in [0.15, 0.2) is 0 Å². The molecule has 1 saturated carbocycles. The van der Waals surface area contributed by atoms with Gasteiger partial charge in [-0.3, -0.25) is 9.69 Å². The van der Waals surface area contributed by atoms with E-state index in [4.69, 9.17) is 0 Å². The largest absolute Gasteiger partial charge is 0.298 e. The molecule has 1 heterocycles. The summed E-state index contributed by atoms with van der Waals surface area (Å²) in [4.78, 5) is 14.2. The van der Waals surface area contributed by atoms with Crippen molar-refractivity contribution < 1.29 is 4.79 Å². The van der Waals surface area contributed by atoms with Crippen LogP contribution in [-0.2, 0) is 4.79 Å². The SMILES string of the molecule is CCC(=O)C1C2CCC(C2)N1CC. The molecule has 2 bridgehead atoms. The van der Waals surface area contributed by atoms with Crippen molar-refractivity contribution in [2.24, 2.45) is 5.92 Å². The van der Waals surface area contributed by atoms with E-state index in [1.54, 1.807) is 0 Å². The fraction of sp³-hybridized carbons (Fsp3) is 0.909. The van der Waals surface area contributed by atoms with E-state index in [0.717, 1.165) is 12.6 Å². The first kappa shape index (κ1) is 9.20. The third kappa shape index (κ3) is 1.32. The summed E-state index contributed by atoms with van der Waals surface area (Å²) in [7, 11) is 0. The summed E-state index contributed by atoms with van der Waals surface area (Å²) in [6.45, 7) is 5.22. The van der Waals surface area contributed by atoms with Crippen molar-refractivity contribution in [3.8, 4) is 0 Å². The highest BCUT2D eigenvalue weighted by Gasteiger charge is 2.47. The van der Waals surface area contributed by atoms with Gasteiger partial charge in [0.05, 0.1) is 6.04 Å². The Hall–Kier alpha value is -0.370. The number of rotatable bonds is 3. The third-order valence-corrected chi connectivity index (χ3v) is 3.76. The third-order valence-electron chi connectivity index (χ3n) is 3.76. The molecule has 0 aromatic carbocycles. The van der Waals surface area contributed by atoms with Gasteiger partial charge in [-0.1, -0.05) is 13.8 Å². The average Bonchev–Trinajstić information content (AvgIpc) is 2.74. The monoisotopic (exact) mass is 181 g/mol. The standard InChI is InChI=1S/C11H19NO/c1-3-10(13)11-8-5-6-9(7-8)12(11)4-2/h8-9,11H,3-7H2,1-2H3. The molecule has 0 aromatic heterocycles. The minimum atomic E-state index is 0.286. The van der Waals surface area contributed by atoms with Crippen molar-refractivity contribution in [1.29, 1.82) is 0 Å². The van der Waals surface area contributed by atoms with Crippen LogP contribution in [0.1, 0.15) is 39.5 Å². The van der Waals surface area contributed by atoms with Gasteiger partial charge in [-0.15, -0.1) is 0 Å². The molecule has 74 valence electrons. The number of piperidine rings is 1. The zero-order chi connectivity index (χ0) is 9.42. The lowest BCUT2D eigenvalue weighted by Gasteiger charge is -2.33. The zero-order valence-corrected chi connectivity index (χ0v) is 8.62. The van der Waals surface area contributed by atoms with Crippen LogP contribution in [0.25, 0.3) is 0 Å². The highest BCUT2D eigenvalue weighted by molar-refractivity contribution is 5.84. The van der Waals surface area contributed by atoms with Gasteiger partial charge in [0.25, 0.3) is 0 Å². The van der Waals surface area contributed by atoms with Crippen molar-refractivity contribution >= 4 is 5.78 Å². The van der Waals surface area contributed by atoms with E-state index in [-0.39, 0.29) is 6.04 Å². The van der Waals surface area contributed by atoms with Crippen molar-refractivity contribution in [3.05, 3.63) is 0 Å². The van der Waals surface area contributed by atoms with E-state index >= 15 is 0 Å². The summed E-state index contributed by atoms with van der Waals surface area (Å²) in [5.74, 6) is 1.16. The number of hydrogen-bond acceptors (Lipinski definition) is 2. The quantitative estimate of drug-likeness (QED) is 0.662. The van der Waals surface area contributed by atoms with Crippen LogP contribution >= 0.6 is 0 Å². The van der Waals surface area contributed by atoms with E-state index in [1.165, 1.54) is 19.3 Å². The number of likely N-dealkylation sites (tertiary alicyclic amines) is 1. The Bertz CT molecular complexity index is 214. The van der Waals surface area contributed by atoms with E-state index < -0.39 is 0 Å². The van der Waals surface area contributed by atoms with Crippen molar-refractivity contribution in [1.82, 2.24) is 4.90 Å². The molecule has 0 spiro atoms. The summed E-state index contributed by atoms with van der Waals surface area (Å²) >= 11 is 0. The number of Topliss-reactive ketones (excluding diaryl/α,β-unsaturated/α-hetero) is 1. The number of fused-ring (bicyclic) bond motifs is 2. The first-order valence-electron chi connectivity index (χ1n) is 5.56. The smallest absolute Gasteiger partial charge is 0.149 e. The molecule has 2 nitrogen and oxygen atoms in total. The maximum absolute atomic E-state index is 11.7. The van der Waals surface area contributed by atoms with Crippen molar-refractivity contribution in [2.45, 2.75) is 51.6 Å². The topological polar surface area (TPSA) is 20.3 Å². The molecule has 0 N–H and O–H groups in total. The van der Waals surface area contributed by atoms with Gasteiger partial charge in [-0.25, -0.2) is 0 Å². The molecular weight excluding hydrogens is 162 g/mol. The molecule has 0 aromatic rings. The Kier molecular flexibility index (Phi) is 2.41. The van der Waals surface area contributed by atoms with Crippen LogP contribution in [0.2, 0.25) is 0 Å². The number of carbonyl (C=O) groups is 1. The first-order valence-corrected chi connectivity index (χ1v) is 5.56. The van der Waals surface area contributed by atoms with E-state index in [2.05, 4.69) is 11.8 Å². The molecule has 1 saturated heterocycles. The molecule has 13 heavy (non-hydrogen) atoms. The van der Waals surface area contributed by atoms with Gasteiger partial charge >= 0.3 is 0 Å². The lowest BCUT2D eigenvalue weighted by molar-refractivity contribution is -0.125. The Morgan fingerprint density at radius 1 is 1.38 bits per heavy atom. The number of ketones is 1. The van der Waals surface area contributed by atoms with Crippen LogP contribution in [0, 0.1) is 5.92 Å². The maximum atomic E-state index is 11.7. The normalized spacial score (nSPS) is 38.5. The molecular formula is C11H19NO. The second-order valence-electron chi connectivity index (χ2n) is 4.32. The van der Waals surface area contributed by atoms with Gasteiger partial charge in [-0.2, -0.15) is 0 Å². The van der Waals surface area contributed by atoms with Crippen LogP contribution in [0.5, 0.6) is 0 Å². The number of nitrogens with zero attached hydrogens (tertiary/aromatic N) is 1. The highest BCUT2D eigenvalue weighted by atomic mass is 16.1. The van der Waals surface area contributed by atoms with E-state index in [0.29, 0.717) is 18.1 Å². The summed E-state index contributed by atoms with van der Waals surface area (Å²) in [6, 6.07) is 1.02. The predicted octanol–water partition coefficient (Wildman–Crippen LogP) is 1.84. The van der Waals surface area contributed by atoms with Gasteiger partial charge in [0.15, 0.2) is 0 Å². The van der Waals surface area contributed by atoms with Crippen LogP contribution in [0.3, 0.4) is 0 Å². The summed E-state index contributed by atoms with van der Waals surface area (Å²) < 4.78 is 0. The van der Waals surface area contributed by atoms with Crippen LogP contribution < -0.4 is 0 Å². The summed E-state index contributed by atoms with van der Waals surface area (Å²) in [5, 5.41) is 0. The summed E-state index contributed by atoms with van der Waals surface area (Å²) in [6.07, 6.45) is 4.61. The first-order chi connectivity index (χ1) is 6.27. The van der Waals surface area contributed by atoms with Gasteiger partial charge in [0.2, 0.25) is 0 Å². The van der Waals surface area contributed by atoms with E-state index in [1.807, 2.05) is 6.92 Å². The predicted molar refractivity (Wildman–Crippen MR) is 52.6 cm³/mol. The number of hydrogen-bond donors (Lipinski definition) is 0. The minimum absolute atomic E-state index is 0.286. The van der Waals surface area contributed by atoms with Crippen molar-refractivity contribution in [3.63, 3.8) is 0 Å². The summed E-state index contributed by atoms with van der Waals surface area (Å²) in [5.41, 5.74) is 0. The van der Waals surface area contributed by atoms with Gasteiger partial charge < -0.3 is 0 Å². The van der Waals surface area contributed by atoms with Crippen molar-refractivity contribution in [2.75, 3.05) is 6.54 Å². The van der Waals surface area contributed by atoms with E-state index in [9.17, 15) is 4.79 Å². The van der Waals surface area contributed by atoms with Gasteiger partial charge in [-0.05, 0) is 31.7 Å². The lowest BCUT2D eigenvalue weighted by Crippen LogP contribution is -2.45. The lowest BCUT2D eigenvalue weighted by atomic mass is 9.94. The second kappa shape index (κ2) is 3.41. The average molecular weight is 181 g/mol. The van der Waals surface area contributed by atoms with Gasteiger partial charge in [0, 0.05) is 12.5 Å². The molecule has 0 amide bonds. The molecule has 3 atom stereocenters. The fourth-order valence-corrected chi connectivity index (χ4v) is 3.19. The van der Waals surface area contributed by atoms with Crippen LogP contribution in [0.4, 0.5) is 0 Å². The Balaban J connectivity index is 2.13. The molecule has 3 unspecified atom stereocenters.